The van der Waals surface area contributed by atoms with Crippen LogP contribution in [0.1, 0.15) is 23.4 Å². The fourth-order valence-electron chi connectivity index (χ4n) is 2.39. The molecule has 0 aliphatic heterocycles. The Morgan fingerprint density at radius 1 is 1.41 bits per heavy atom. The van der Waals surface area contributed by atoms with Crippen LogP contribution in [0.4, 0.5) is 0 Å². The van der Waals surface area contributed by atoms with Gasteiger partial charge in [-0.3, -0.25) is 9.78 Å². The van der Waals surface area contributed by atoms with Gasteiger partial charge in [-0.25, -0.2) is 0 Å². The maximum atomic E-state index is 11.5. The van der Waals surface area contributed by atoms with E-state index in [1.165, 1.54) is 18.3 Å². The van der Waals surface area contributed by atoms with Gasteiger partial charge in [0.2, 0.25) is 5.91 Å². The van der Waals surface area contributed by atoms with Gasteiger partial charge in [-0.15, -0.1) is 11.3 Å². The Morgan fingerprint density at radius 3 is 2.91 bits per heavy atom. The van der Waals surface area contributed by atoms with Crippen LogP contribution in [0, 0.1) is 0 Å². The molecule has 6 heteroatoms. The highest BCUT2D eigenvalue weighted by Gasteiger charge is 2.22. The van der Waals surface area contributed by atoms with Crippen LogP contribution in [-0.4, -0.2) is 16.0 Å². The molecule has 1 amide bonds. The molecule has 4 nitrogen and oxygen atoms in total. The molecule has 0 radical (unpaired) electrons. The summed E-state index contributed by atoms with van der Waals surface area (Å²) in [6.07, 6.45) is 1.60. The number of carbonyl (C=O) groups is 1. The number of phenolic OH excluding ortho intramolecular Hbond substituents is 1. The summed E-state index contributed by atoms with van der Waals surface area (Å²) in [7, 11) is 0. The monoisotopic (exact) mass is 332 g/mol. The minimum Gasteiger partial charge on any atom is -0.505 e. The van der Waals surface area contributed by atoms with E-state index in [9.17, 15) is 9.90 Å². The predicted octanol–water partition coefficient (Wildman–Crippen LogP) is 3.88. The second-order valence-electron chi connectivity index (χ2n) is 4.84. The minimum atomic E-state index is -0.457. The van der Waals surface area contributed by atoms with Gasteiger partial charge >= 0.3 is 0 Å². The molecule has 112 valence electrons. The Bertz CT molecular complexity index is 834. The summed E-state index contributed by atoms with van der Waals surface area (Å²) in [5.74, 6) is -0.151. The van der Waals surface area contributed by atoms with E-state index in [0.29, 0.717) is 21.5 Å². The first-order valence-electron chi connectivity index (χ1n) is 6.64. The molecular formula is C16H13ClN2O2S. The number of hydrogen-bond donors (Lipinski definition) is 2. The maximum Gasteiger partial charge on any atom is 0.217 e. The topological polar surface area (TPSA) is 62.2 Å². The van der Waals surface area contributed by atoms with Gasteiger partial charge in [0.25, 0.3) is 0 Å². The van der Waals surface area contributed by atoms with E-state index in [2.05, 4.69) is 10.3 Å². The molecule has 0 aliphatic rings. The average Bonchev–Trinajstić information content (AvgIpc) is 3.03. The van der Waals surface area contributed by atoms with Gasteiger partial charge in [-0.1, -0.05) is 17.7 Å². The lowest BCUT2D eigenvalue weighted by Crippen LogP contribution is -2.26. The van der Waals surface area contributed by atoms with Gasteiger partial charge in [0.1, 0.15) is 11.3 Å². The van der Waals surface area contributed by atoms with Crippen molar-refractivity contribution >= 4 is 39.7 Å². The van der Waals surface area contributed by atoms with Crippen LogP contribution in [0.2, 0.25) is 5.02 Å². The van der Waals surface area contributed by atoms with Crippen molar-refractivity contribution in [3.05, 3.63) is 57.4 Å². The number of rotatable bonds is 3. The number of halogens is 1. The van der Waals surface area contributed by atoms with Crippen LogP contribution in [0.5, 0.6) is 5.75 Å². The third-order valence-corrected chi connectivity index (χ3v) is 4.58. The molecule has 2 aromatic heterocycles. The molecule has 0 fully saturated rings. The van der Waals surface area contributed by atoms with Gasteiger partial charge < -0.3 is 10.4 Å². The summed E-state index contributed by atoms with van der Waals surface area (Å²) in [5, 5.41) is 16.5. The quantitative estimate of drug-likeness (QED) is 0.765. The molecule has 0 saturated carbocycles. The Labute approximate surface area is 136 Å². The van der Waals surface area contributed by atoms with Crippen molar-refractivity contribution < 1.29 is 9.90 Å². The molecule has 1 aromatic carbocycles. The van der Waals surface area contributed by atoms with E-state index in [4.69, 9.17) is 11.6 Å². The maximum absolute atomic E-state index is 11.5. The van der Waals surface area contributed by atoms with Gasteiger partial charge in [-0.05, 0) is 29.6 Å². The molecular weight excluding hydrogens is 320 g/mol. The molecule has 3 aromatic rings. The number of hydrogen-bond acceptors (Lipinski definition) is 4. The van der Waals surface area contributed by atoms with Gasteiger partial charge in [0.05, 0.1) is 11.1 Å². The lowest BCUT2D eigenvalue weighted by molar-refractivity contribution is -0.119. The predicted molar refractivity (Wildman–Crippen MR) is 88.4 cm³/mol. The number of thiophene rings is 1. The summed E-state index contributed by atoms with van der Waals surface area (Å²) < 4.78 is 0. The Kier molecular flexibility index (Phi) is 4.00. The Balaban J connectivity index is 2.22. The second kappa shape index (κ2) is 5.94. The lowest BCUT2D eigenvalue weighted by atomic mass is 10.0. The van der Waals surface area contributed by atoms with Crippen molar-refractivity contribution in [2.45, 2.75) is 13.0 Å². The number of carbonyl (C=O) groups excluding carboxylic acids is 1. The lowest BCUT2D eigenvalue weighted by Gasteiger charge is -2.19. The van der Waals surface area contributed by atoms with Crippen molar-refractivity contribution in [1.29, 1.82) is 0 Å². The van der Waals surface area contributed by atoms with Crippen molar-refractivity contribution in [2.75, 3.05) is 0 Å². The number of aromatic nitrogens is 1. The summed E-state index contributed by atoms with van der Waals surface area (Å²) in [6, 6.07) is 8.58. The van der Waals surface area contributed by atoms with Crippen molar-refractivity contribution in [3.8, 4) is 5.75 Å². The van der Waals surface area contributed by atoms with E-state index in [-0.39, 0.29) is 11.7 Å². The standard InChI is InChI=1S/C16H13ClN2O2S/c1-9(20)19-14(13-5-3-7-22-13)11-8-12(17)10-4-2-6-18-15(10)16(11)21/h2-8,14,21H,1H3,(H,19,20)/t14-/m0/s1. The van der Waals surface area contributed by atoms with E-state index in [0.717, 1.165) is 4.88 Å². The molecule has 1 atom stereocenters. The van der Waals surface area contributed by atoms with E-state index in [1.807, 2.05) is 17.5 Å². The van der Waals surface area contributed by atoms with Gasteiger partial charge in [-0.2, -0.15) is 0 Å². The zero-order valence-electron chi connectivity index (χ0n) is 11.7. The largest absolute Gasteiger partial charge is 0.505 e. The summed E-state index contributed by atoms with van der Waals surface area (Å²) in [4.78, 5) is 16.7. The van der Waals surface area contributed by atoms with E-state index < -0.39 is 6.04 Å². The zero-order valence-corrected chi connectivity index (χ0v) is 13.3. The molecule has 22 heavy (non-hydrogen) atoms. The zero-order chi connectivity index (χ0) is 15.7. The van der Waals surface area contributed by atoms with Gasteiger partial charge in [0.15, 0.2) is 0 Å². The molecule has 2 N–H and O–H groups in total. The molecule has 0 aliphatic carbocycles. The number of benzene rings is 1. The first kappa shape index (κ1) is 14.8. The SMILES string of the molecule is CC(=O)N[C@H](c1cccs1)c1cc(Cl)c2cccnc2c1O. The Hall–Kier alpha value is -2.11. The number of aromatic hydroxyl groups is 1. The van der Waals surface area contributed by atoms with Crippen LogP contribution < -0.4 is 5.32 Å². The number of amides is 1. The minimum absolute atomic E-state index is 0.0344. The van der Waals surface area contributed by atoms with Crippen LogP contribution in [-0.2, 0) is 4.79 Å². The fraction of sp³-hybridized carbons (Fsp3) is 0.125. The first-order valence-corrected chi connectivity index (χ1v) is 7.90. The third kappa shape index (κ3) is 2.65. The molecule has 3 rings (SSSR count). The van der Waals surface area contributed by atoms with Crippen molar-refractivity contribution in [3.63, 3.8) is 0 Å². The highest BCUT2D eigenvalue weighted by molar-refractivity contribution is 7.10. The summed E-state index contributed by atoms with van der Waals surface area (Å²) in [6.45, 7) is 1.44. The fourth-order valence-corrected chi connectivity index (χ4v) is 3.45. The normalized spacial score (nSPS) is 12.3. The van der Waals surface area contributed by atoms with Crippen molar-refractivity contribution in [1.82, 2.24) is 10.3 Å². The number of phenols is 1. The number of nitrogens with one attached hydrogen (secondary N) is 1. The van der Waals surface area contributed by atoms with Crippen LogP contribution in [0.3, 0.4) is 0 Å². The van der Waals surface area contributed by atoms with Crippen LogP contribution in [0.15, 0.2) is 41.9 Å². The average molecular weight is 333 g/mol. The van der Waals surface area contributed by atoms with Crippen molar-refractivity contribution in [2.24, 2.45) is 0 Å². The molecule has 0 bridgehead atoms. The summed E-state index contributed by atoms with van der Waals surface area (Å²) in [5.41, 5.74) is 0.964. The molecule has 0 spiro atoms. The van der Waals surface area contributed by atoms with E-state index in [1.54, 1.807) is 24.4 Å². The third-order valence-electron chi connectivity index (χ3n) is 3.33. The first-order chi connectivity index (χ1) is 10.6. The second-order valence-corrected chi connectivity index (χ2v) is 6.23. The smallest absolute Gasteiger partial charge is 0.217 e. The number of pyridine rings is 1. The molecule has 0 unspecified atom stereocenters. The van der Waals surface area contributed by atoms with Crippen LogP contribution in [0.25, 0.3) is 10.9 Å². The van der Waals surface area contributed by atoms with E-state index >= 15 is 0 Å². The highest BCUT2D eigenvalue weighted by Crippen LogP contribution is 2.39. The number of nitrogens with zero attached hydrogens (tertiary/aromatic N) is 1. The van der Waals surface area contributed by atoms with Gasteiger partial charge in [0, 0.05) is 28.9 Å². The molecule has 0 saturated heterocycles. The highest BCUT2D eigenvalue weighted by atomic mass is 35.5. The Morgan fingerprint density at radius 2 is 2.23 bits per heavy atom. The summed E-state index contributed by atoms with van der Waals surface area (Å²) >= 11 is 7.81. The number of fused-ring (bicyclic) bond motifs is 1. The molecule has 2 heterocycles. The van der Waals surface area contributed by atoms with Crippen LogP contribution >= 0.6 is 22.9 Å².